The van der Waals surface area contributed by atoms with E-state index < -0.39 is 10.0 Å². The van der Waals surface area contributed by atoms with Gasteiger partial charge >= 0.3 is 0 Å². The SMILES string of the molecule is CNc1ccc(-c2ccccc2-c2ccc(S(N)(=O)=O)cc2)cc1. The van der Waals surface area contributed by atoms with Crippen molar-refractivity contribution >= 4 is 15.7 Å². The van der Waals surface area contributed by atoms with Crippen molar-refractivity contribution in [1.82, 2.24) is 0 Å². The molecule has 3 aromatic rings. The summed E-state index contributed by atoms with van der Waals surface area (Å²) < 4.78 is 22.8. The Hall–Kier alpha value is -2.63. The van der Waals surface area contributed by atoms with Gasteiger partial charge in [-0.15, -0.1) is 0 Å². The average Bonchev–Trinajstić information content (AvgIpc) is 2.61. The molecule has 5 heteroatoms. The number of primary sulfonamides is 1. The fraction of sp³-hybridized carbons (Fsp3) is 0.0526. The van der Waals surface area contributed by atoms with E-state index in [4.69, 9.17) is 5.14 Å². The van der Waals surface area contributed by atoms with Crippen molar-refractivity contribution in [2.45, 2.75) is 4.90 Å². The molecule has 122 valence electrons. The molecule has 0 aliphatic carbocycles. The number of rotatable bonds is 4. The lowest BCUT2D eigenvalue weighted by Crippen LogP contribution is -2.11. The minimum atomic E-state index is -3.68. The number of anilines is 1. The molecule has 0 atom stereocenters. The maximum Gasteiger partial charge on any atom is 0.238 e. The van der Waals surface area contributed by atoms with Crippen molar-refractivity contribution < 1.29 is 8.42 Å². The van der Waals surface area contributed by atoms with Crippen molar-refractivity contribution in [3.63, 3.8) is 0 Å². The molecule has 3 aromatic carbocycles. The van der Waals surface area contributed by atoms with Crippen LogP contribution in [0.4, 0.5) is 5.69 Å². The smallest absolute Gasteiger partial charge is 0.238 e. The third-order valence-corrected chi connectivity index (χ3v) is 4.83. The van der Waals surface area contributed by atoms with E-state index in [9.17, 15) is 8.42 Å². The molecule has 0 spiro atoms. The van der Waals surface area contributed by atoms with E-state index >= 15 is 0 Å². The zero-order chi connectivity index (χ0) is 17.2. The molecule has 0 heterocycles. The van der Waals surface area contributed by atoms with Crippen molar-refractivity contribution in [2.24, 2.45) is 5.14 Å². The first kappa shape index (κ1) is 16.2. The van der Waals surface area contributed by atoms with Gasteiger partial charge in [0.25, 0.3) is 0 Å². The Morgan fingerprint density at radius 1 is 0.750 bits per heavy atom. The quantitative estimate of drug-likeness (QED) is 0.762. The Morgan fingerprint density at radius 2 is 1.21 bits per heavy atom. The summed E-state index contributed by atoms with van der Waals surface area (Å²) in [6.07, 6.45) is 0. The van der Waals surface area contributed by atoms with Crippen LogP contribution in [0.2, 0.25) is 0 Å². The Balaban J connectivity index is 2.06. The second kappa shape index (κ2) is 6.47. The summed E-state index contributed by atoms with van der Waals surface area (Å²) in [5.41, 5.74) is 5.21. The second-order valence-corrected chi connectivity index (χ2v) is 7.00. The van der Waals surface area contributed by atoms with Crippen molar-refractivity contribution in [3.8, 4) is 22.3 Å². The lowest BCUT2D eigenvalue weighted by Gasteiger charge is -2.11. The van der Waals surface area contributed by atoms with Crippen LogP contribution in [-0.2, 0) is 10.0 Å². The van der Waals surface area contributed by atoms with E-state index in [2.05, 4.69) is 23.5 Å². The largest absolute Gasteiger partial charge is 0.388 e. The molecule has 24 heavy (non-hydrogen) atoms. The van der Waals surface area contributed by atoms with Crippen molar-refractivity contribution in [3.05, 3.63) is 72.8 Å². The number of hydrogen-bond donors (Lipinski definition) is 2. The van der Waals surface area contributed by atoms with E-state index in [1.165, 1.54) is 12.1 Å². The Kier molecular flexibility index (Phi) is 4.38. The summed E-state index contributed by atoms with van der Waals surface area (Å²) in [7, 11) is -1.79. The molecule has 0 radical (unpaired) electrons. The van der Waals surface area contributed by atoms with Gasteiger partial charge in [-0.1, -0.05) is 48.5 Å². The number of sulfonamides is 1. The molecule has 0 saturated carbocycles. The standard InChI is InChI=1S/C19H18N2O2S/c1-21-16-10-6-14(7-11-16)18-4-2-3-5-19(18)15-8-12-17(13-9-15)24(20,22)23/h2-13,21H,1H3,(H2,20,22,23). The number of hydrogen-bond acceptors (Lipinski definition) is 3. The summed E-state index contributed by atoms with van der Waals surface area (Å²) in [5.74, 6) is 0. The highest BCUT2D eigenvalue weighted by Gasteiger charge is 2.10. The summed E-state index contributed by atoms with van der Waals surface area (Å²) in [4.78, 5) is 0.113. The molecule has 3 N–H and O–H groups in total. The third-order valence-electron chi connectivity index (χ3n) is 3.91. The van der Waals surface area contributed by atoms with E-state index in [1.807, 2.05) is 37.4 Å². The zero-order valence-corrected chi connectivity index (χ0v) is 14.0. The maximum atomic E-state index is 11.4. The molecule has 0 fully saturated rings. The first-order chi connectivity index (χ1) is 11.5. The summed E-state index contributed by atoms with van der Waals surface area (Å²) in [6.45, 7) is 0. The fourth-order valence-electron chi connectivity index (χ4n) is 2.63. The molecule has 3 rings (SSSR count). The van der Waals surface area contributed by atoms with Gasteiger partial charge in [-0.2, -0.15) is 0 Å². The average molecular weight is 338 g/mol. The molecule has 0 unspecified atom stereocenters. The molecular formula is C19H18N2O2S. The van der Waals surface area contributed by atoms with Gasteiger partial charge in [-0.25, -0.2) is 13.6 Å². The minimum absolute atomic E-state index is 0.113. The second-order valence-electron chi connectivity index (χ2n) is 5.44. The number of benzene rings is 3. The molecule has 0 aliphatic heterocycles. The normalized spacial score (nSPS) is 11.2. The van der Waals surface area contributed by atoms with Crippen LogP contribution in [0.5, 0.6) is 0 Å². The monoisotopic (exact) mass is 338 g/mol. The minimum Gasteiger partial charge on any atom is -0.388 e. The van der Waals surface area contributed by atoms with E-state index in [0.717, 1.165) is 27.9 Å². The van der Waals surface area contributed by atoms with Crippen LogP contribution in [0.25, 0.3) is 22.3 Å². The third kappa shape index (κ3) is 3.32. The molecule has 0 saturated heterocycles. The number of nitrogens with one attached hydrogen (secondary N) is 1. The summed E-state index contributed by atoms with van der Waals surface area (Å²) in [5, 5.41) is 8.26. The number of nitrogens with two attached hydrogens (primary N) is 1. The lowest BCUT2D eigenvalue weighted by atomic mass is 9.94. The first-order valence-corrected chi connectivity index (χ1v) is 9.04. The Labute approximate surface area is 142 Å². The van der Waals surface area contributed by atoms with Gasteiger partial charge in [-0.3, -0.25) is 0 Å². The molecule has 0 bridgehead atoms. The zero-order valence-electron chi connectivity index (χ0n) is 13.2. The van der Waals surface area contributed by atoms with E-state index in [-0.39, 0.29) is 4.90 Å². The van der Waals surface area contributed by atoms with Crippen LogP contribution in [0, 0.1) is 0 Å². The Bertz CT molecular complexity index is 947. The van der Waals surface area contributed by atoms with Gasteiger partial charge in [0.15, 0.2) is 0 Å². The van der Waals surface area contributed by atoms with E-state index in [1.54, 1.807) is 12.1 Å². The van der Waals surface area contributed by atoms with Crippen LogP contribution in [-0.4, -0.2) is 15.5 Å². The predicted molar refractivity (Wildman–Crippen MR) is 98.2 cm³/mol. The molecule has 0 aromatic heterocycles. The van der Waals surface area contributed by atoms with Crippen LogP contribution < -0.4 is 10.5 Å². The van der Waals surface area contributed by atoms with E-state index in [0.29, 0.717) is 0 Å². The summed E-state index contributed by atoms with van der Waals surface area (Å²) in [6, 6.07) is 22.8. The highest BCUT2D eigenvalue weighted by molar-refractivity contribution is 7.89. The molecule has 0 aliphatic rings. The van der Waals surface area contributed by atoms with Crippen LogP contribution in [0.3, 0.4) is 0 Å². The van der Waals surface area contributed by atoms with Gasteiger partial charge in [0.05, 0.1) is 4.90 Å². The van der Waals surface area contributed by atoms with Gasteiger partial charge < -0.3 is 5.32 Å². The topological polar surface area (TPSA) is 72.2 Å². The van der Waals surface area contributed by atoms with Gasteiger partial charge in [0.2, 0.25) is 10.0 Å². The molecule has 4 nitrogen and oxygen atoms in total. The van der Waals surface area contributed by atoms with Crippen LogP contribution >= 0.6 is 0 Å². The maximum absolute atomic E-state index is 11.4. The van der Waals surface area contributed by atoms with Gasteiger partial charge in [-0.05, 0) is 46.5 Å². The lowest BCUT2D eigenvalue weighted by molar-refractivity contribution is 0.598. The molecular weight excluding hydrogens is 320 g/mol. The fourth-order valence-corrected chi connectivity index (χ4v) is 3.14. The van der Waals surface area contributed by atoms with Gasteiger partial charge in [0, 0.05) is 12.7 Å². The van der Waals surface area contributed by atoms with Crippen LogP contribution in [0.1, 0.15) is 0 Å². The van der Waals surface area contributed by atoms with Gasteiger partial charge in [0.1, 0.15) is 0 Å². The van der Waals surface area contributed by atoms with Crippen molar-refractivity contribution in [2.75, 3.05) is 12.4 Å². The first-order valence-electron chi connectivity index (χ1n) is 7.49. The highest BCUT2D eigenvalue weighted by atomic mass is 32.2. The highest BCUT2D eigenvalue weighted by Crippen LogP contribution is 2.32. The Morgan fingerprint density at radius 3 is 1.62 bits per heavy atom. The van der Waals surface area contributed by atoms with Crippen LogP contribution in [0.15, 0.2) is 77.7 Å². The summed E-state index contributed by atoms with van der Waals surface area (Å²) >= 11 is 0. The predicted octanol–water partition coefficient (Wildman–Crippen LogP) is 3.71. The molecule has 0 amide bonds. The van der Waals surface area contributed by atoms with Crippen molar-refractivity contribution in [1.29, 1.82) is 0 Å².